The fourth-order valence-corrected chi connectivity index (χ4v) is 3.13. The van der Waals surface area contributed by atoms with Gasteiger partial charge in [0.2, 0.25) is 0 Å². The highest BCUT2D eigenvalue weighted by Gasteiger charge is 2.43. The van der Waals surface area contributed by atoms with Crippen LogP contribution in [-0.2, 0) is 4.79 Å². The van der Waals surface area contributed by atoms with Crippen LogP contribution in [0.5, 0.6) is 0 Å². The average molecular weight is 260 g/mol. The molecule has 1 amide bonds. The third kappa shape index (κ3) is 1.72. The molecule has 1 aromatic rings. The van der Waals surface area contributed by atoms with Gasteiger partial charge >= 0.3 is 0 Å². The van der Waals surface area contributed by atoms with Crippen molar-refractivity contribution >= 4 is 28.9 Å². The molecular formula is C14H16N2OS. The minimum atomic E-state index is -0.0208. The van der Waals surface area contributed by atoms with Crippen LogP contribution in [0.1, 0.15) is 24.8 Å². The summed E-state index contributed by atoms with van der Waals surface area (Å²) in [5, 5.41) is 0.675. The molecule has 2 heterocycles. The van der Waals surface area contributed by atoms with Crippen molar-refractivity contribution in [2.24, 2.45) is 0 Å². The molecule has 0 saturated carbocycles. The maximum absolute atomic E-state index is 12.4. The van der Waals surface area contributed by atoms with E-state index >= 15 is 0 Å². The quantitative estimate of drug-likeness (QED) is 0.725. The summed E-state index contributed by atoms with van der Waals surface area (Å²) < 4.78 is 0. The summed E-state index contributed by atoms with van der Waals surface area (Å²) in [7, 11) is 0. The third-order valence-corrected chi connectivity index (χ3v) is 4.15. The number of amides is 1. The summed E-state index contributed by atoms with van der Waals surface area (Å²) in [5.41, 5.74) is 2.08. The Bertz CT molecular complexity index is 473. The Morgan fingerprint density at radius 1 is 1.22 bits per heavy atom. The molecule has 0 aromatic heterocycles. The second-order valence-electron chi connectivity index (χ2n) is 5.00. The molecule has 0 radical (unpaired) electrons. The maximum atomic E-state index is 12.4. The van der Waals surface area contributed by atoms with E-state index in [9.17, 15) is 4.79 Å². The second kappa shape index (κ2) is 4.35. The first-order chi connectivity index (χ1) is 8.68. The minimum Gasteiger partial charge on any atom is -0.336 e. The Morgan fingerprint density at radius 2 is 1.94 bits per heavy atom. The lowest BCUT2D eigenvalue weighted by Crippen LogP contribution is -2.38. The van der Waals surface area contributed by atoms with Gasteiger partial charge in [0.25, 0.3) is 5.91 Å². The van der Waals surface area contributed by atoms with E-state index in [0.717, 1.165) is 31.5 Å². The van der Waals surface area contributed by atoms with E-state index in [1.54, 1.807) is 4.90 Å². The van der Waals surface area contributed by atoms with Crippen LogP contribution in [0, 0.1) is 6.92 Å². The molecule has 4 heteroatoms. The van der Waals surface area contributed by atoms with Gasteiger partial charge in [-0.3, -0.25) is 9.69 Å². The average Bonchev–Trinajstić information content (AvgIpc) is 2.64. The SMILES string of the molecule is Cc1ccc(N2C(=O)[C@H]3CCCCN3C2=S)cc1. The number of hydrogen-bond donors (Lipinski definition) is 0. The van der Waals surface area contributed by atoms with Gasteiger partial charge in [-0.2, -0.15) is 0 Å². The van der Waals surface area contributed by atoms with Crippen molar-refractivity contribution < 1.29 is 4.79 Å². The fraction of sp³-hybridized carbons (Fsp3) is 0.429. The molecular weight excluding hydrogens is 244 g/mol. The zero-order valence-electron chi connectivity index (χ0n) is 10.4. The number of carbonyl (C=O) groups excluding carboxylic acids is 1. The Hall–Kier alpha value is -1.42. The second-order valence-corrected chi connectivity index (χ2v) is 5.36. The Morgan fingerprint density at radius 3 is 2.61 bits per heavy atom. The Labute approximate surface area is 112 Å². The smallest absolute Gasteiger partial charge is 0.256 e. The molecule has 0 unspecified atom stereocenters. The number of aryl methyl sites for hydroxylation is 1. The van der Waals surface area contributed by atoms with Gasteiger partial charge in [0.15, 0.2) is 5.11 Å². The van der Waals surface area contributed by atoms with E-state index in [2.05, 4.69) is 4.90 Å². The van der Waals surface area contributed by atoms with Crippen LogP contribution in [0.4, 0.5) is 5.69 Å². The Kier molecular flexibility index (Phi) is 2.82. The topological polar surface area (TPSA) is 23.6 Å². The number of anilines is 1. The van der Waals surface area contributed by atoms with Crippen LogP contribution in [0.25, 0.3) is 0 Å². The van der Waals surface area contributed by atoms with Crippen LogP contribution in [0.3, 0.4) is 0 Å². The number of benzene rings is 1. The predicted octanol–water partition coefficient (Wildman–Crippen LogP) is 2.48. The van der Waals surface area contributed by atoms with E-state index in [0.29, 0.717) is 5.11 Å². The van der Waals surface area contributed by atoms with Gasteiger partial charge < -0.3 is 4.90 Å². The molecule has 3 rings (SSSR count). The molecule has 0 aliphatic carbocycles. The predicted molar refractivity (Wildman–Crippen MR) is 75.6 cm³/mol. The third-order valence-electron chi connectivity index (χ3n) is 3.74. The summed E-state index contributed by atoms with van der Waals surface area (Å²) in [6, 6.07) is 7.95. The monoisotopic (exact) mass is 260 g/mol. The number of piperidine rings is 1. The molecule has 2 aliphatic rings. The van der Waals surface area contributed by atoms with Gasteiger partial charge in [-0.1, -0.05) is 17.7 Å². The van der Waals surface area contributed by atoms with Gasteiger partial charge in [-0.05, 0) is 50.5 Å². The van der Waals surface area contributed by atoms with E-state index in [4.69, 9.17) is 12.2 Å². The zero-order valence-corrected chi connectivity index (χ0v) is 11.2. The van der Waals surface area contributed by atoms with Gasteiger partial charge in [0.05, 0.1) is 5.69 Å². The minimum absolute atomic E-state index is 0.0208. The number of thiocarbonyl (C=S) groups is 1. The summed E-state index contributed by atoms with van der Waals surface area (Å²) in [6.07, 6.45) is 3.18. The van der Waals surface area contributed by atoms with Crippen molar-refractivity contribution in [3.8, 4) is 0 Å². The van der Waals surface area contributed by atoms with Crippen molar-refractivity contribution in [2.75, 3.05) is 11.4 Å². The van der Waals surface area contributed by atoms with Crippen molar-refractivity contribution in [2.45, 2.75) is 32.2 Å². The highest BCUT2D eigenvalue weighted by atomic mass is 32.1. The van der Waals surface area contributed by atoms with Crippen molar-refractivity contribution in [1.82, 2.24) is 4.90 Å². The lowest BCUT2D eigenvalue weighted by Gasteiger charge is -2.27. The van der Waals surface area contributed by atoms with Gasteiger partial charge in [-0.25, -0.2) is 0 Å². The summed E-state index contributed by atoms with van der Waals surface area (Å²) in [6.45, 7) is 2.95. The first kappa shape index (κ1) is 11.7. The molecule has 0 N–H and O–H groups in total. The number of hydrogen-bond acceptors (Lipinski definition) is 2. The van der Waals surface area contributed by atoms with Crippen molar-refractivity contribution in [3.63, 3.8) is 0 Å². The number of carbonyl (C=O) groups is 1. The summed E-state index contributed by atoms with van der Waals surface area (Å²) >= 11 is 5.46. The van der Waals surface area contributed by atoms with Crippen molar-refractivity contribution in [3.05, 3.63) is 29.8 Å². The van der Waals surface area contributed by atoms with Crippen LogP contribution in [-0.4, -0.2) is 28.5 Å². The first-order valence-electron chi connectivity index (χ1n) is 6.40. The van der Waals surface area contributed by atoms with E-state index < -0.39 is 0 Å². The highest BCUT2D eigenvalue weighted by Crippen LogP contribution is 2.30. The van der Waals surface area contributed by atoms with Gasteiger partial charge in [0, 0.05) is 6.54 Å². The maximum Gasteiger partial charge on any atom is 0.256 e. The zero-order chi connectivity index (χ0) is 12.7. The molecule has 2 saturated heterocycles. The van der Waals surface area contributed by atoms with Crippen LogP contribution < -0.4 is 4.90 Å². The molecule has 0 spiro atoms. The largest absolute Gasteiger partial charge is 0.336 e. The molecule has 1 aromatic carbocycles. The van der Waals surface area contributed by atoms with Crippen LogP contribution in [0.15, 0.2) is 24.3 Å². The van der Waals surface area contributed by atoms with Crippen LogP contribution >= 0.6 is 12.2 Å². The molecule has 2 aliphatic heterocycles. The summed E-state index contributed by atoms with van der Waals surface area (Å²) in [5.74, 6) is 0.142. The first-order valence-corrected chi connectivity index (χ1v) is 6.80. The molecule has 18 heavy (non-hydrogen) atoms. The van der Waals surface area contributed by atoms with E-state index in [1.165, 1.54) is 5.56 Å². The standard InChI is InChI=1S/C14H16N2OS/c1-10-5-7-11(8-6-10)16-13(17)12-4-2-3-9-15(12)14(16)18/h5-8,12H,2-4,9H2,1H3/t12-/m1/s1. The number of nitrogens with zero attached hydrogens (tertiary/aromatic N) is 2. The number of fused-ring (bicyclic) bond motifs is 1. The van der Waals surface area contributed by atoms with Crippen molar-refractivity contribution in [1.29, 1.82) is 0 Å². The molecule has 2 fully saturated rings. The van der Waals surface area contributed by atoms with Crippen LogP contribution in [0.2, 0.25) is 0 Å². The van der Waals surface area contributed by atoms with Gasteiger partial charge in [0.1, 0.15) is 6.04 Å². The Balaban J connectivity index is 1.95. The lowest BCUT2D eigenvalue weighted by molar-refractivity contribution is -0.120. The lowest BCUT2D eigenvalue weighted by atomic mass is 10.0. The fourth-order valence-electron chi connectivity index (χ4n) is 2.72. The molecule has 3 nitrogen and oxygen atoms in total. The molecule has 0 bridgehead atoms. The summed E-state index contributed by atoms with van der Waals surface area (Å²) in [4.78, 5) is 16.2. The highest BCUT2D eigenvalue weighted by molar-refractivity contribution is 7.80. The molecule has 94 valence electrons. The normalized spacial score (nSPS) is 23.5. The van der Waals surface area contributed by atoms with E-state index in [1.807, 2.05) is 31.2 Å². The van der Waals surface area contributed by atoms with E-state index in [-0.39, 0.29) is 11.9 Å². The van der Waals surface area contributed by atoms with Gasteiger partial charge in [-0.15, -0.1) is 0 Å². The molecule has 1 atom stereocenters. The number of rotatable bonds is 1.